The second-order valence-electron chi connectivity index (χ2n) is 5.10. The molecule has 2 heterocycles. The minimum absolute atomic E-state index is 0.158. The quantitative estimate of drug-likeness (QED) is 0.759. The van der Waals surface area contributed by atoms with Crippen molar-refractivity contribution in [2.45, 2.75) is 19.4 Å². The summed E-state index contributed by atoms with van der Waals surface area (Å²) in [5.74, 6) is 1.79. The first-order valence-electron chi connectivity index (χ1n) is 7.36. The number of nitrogens with zero attached hydrogens (tertiary/aromatic N) is 3. The molecule has 5 nitrogen and oxygen atoms in total. The van der Waals surface area contributed by atoms with Crippen LogP contribution in [0.5, 0.6) is 5.75 Å². The van der Waals surface area contributed by atoms with Gasteiger partial charge in [0.25, 0.3) is 0 Å². The summed E-state index contributed by atoms with van der Waals surface area (Å²) in [6, 6.07) is 11.8. The summed E-state index contributed by atoms with van der Waals surface area (Å²) in [5, 5.41) is 9.09. The van der Waals surface area contributed by atoms with E-state index in [2.05, 4.69) is 14.5 Å². The van der Waals surface area contributed by atoms with Crippen LogP contribution in [-0.2, 0) is 13.0 Å². The number of hydrogen-bond acceptors (Lipinski definition) is 4. The summed E-state index contributed by atoms with van der Waals surface area (Å²) in [5.41, 5.74) is 2.83. The molecular weight excluding hydrogens is 278 g/mol. The van der Waals surface area contributed by atoms with E-state index in [1.807, 2.05) is 36.4 Å². The normalized spacial score (nSPS) is 11.0. The first kappa shape index (κ1) is 14.5. The van der Waals surface area contributed by atoms with Crippen LogP contribution >= 0.6 is 0 Å². The van der Waals surface area contributed by atoms with Gasteiger partial charge in [-0.05, 0) is 24.6 Å². The first-order valence-corrected chi connectivity index (χ1v) is 7.36. The monoisotopic (exact) mass is 297 g/mol. The fraction of sp³-hybridized carbons (Fsp3) is 0.294. The standard InChI is InChI=1S/C17H19N3O2/c1-22-15-8-3-2-6-13(15)12-20-16(9-5-11-21)19-14-7-4-10-18-17(14)20/h2-4,6-8,10,21H,5,9,11-12H2,1H3. The number of aliphatic hydroxyl groups is 1. The lowest BCUT2D eigenvalue weighted by Crippen LogP contribution is -2.08. The van der Waals surface area contributed by atoms with Gasteiger partial charge in [-0.15, -0.1) is 0 Å². The minimum Gasteiger partial charge on any atom is -0.496 e. The summed E-state index contributed by atoms with van der Waals surface area (Å²) in [7, 11) is 1.68. The number of methoxy groups -OCH3 is 1. The third-order valence-electron chi connectivity index (χ3n) is 3.66. The molecule has 0 aliphatic rings. The topological polar surface area (TPSA) is 60.2 Å². The molecule has 22 heavy (non-hydrogen) atoms. The Labute approximate surface area is 129 Å². The Morgan fingerprint density at radius 2 is 2.05 bits per heavy atom. The number of rotatable bonds is 6. The molecule has 0 unspecified atom stereocenters. The molecule has 0 saturated heterocycles. The lowest BCUT2D eigenvalue weighted by molar-refractivity contribution is 0.287. The molecule has 114 valence electrons. The summed E-state index contributed by atoms with van der Waals surface area (Å²) in [4.78, 5) is 9.11. The highest BCUT2D eigenvalue weighted by molar-refractivity contribution is 5.71. The van der Waals surface area contributed by atoms with Gasteiger partial charge in [-0.2, -0.15) is 0 Å². The number of para-hydroxylation sites is 1. The van der Waals surface area contributed by atoms with Crippen LogP contribution in [0.25, 0.3) is 11.2 Å². The molecule has 2 aromatic heterocycles. The molecule has 0 bridgehead atoms. The van der Waals surface area contributed by atoms with Gasteiger partial charge in [-0.3, -0.25) is 0 Å². The van der Waals surface area contributed by atoms with Gasteiger partial charge in [-0.1, -0.05) is 18.2 Å². The zero-order chi connectivity index (χ0) is 15.4. The van der Waals surface area contributed by atoms with E-state index in [0.29, 0.717) is 13.0 Å². The zero-order valence-corrected chi connectivity index (χ0v) is 12.6. The van der Waals surface area contributed by atoms with Crippen LogP contribution in [0.1, 0.15) is 17.8 Å². The third-order valence-corrected chi connectivity index (χ3v) is 3.66. The molecule has 0 aliphatic heterocycles. The molecule has 0 saturated carbocycles. The van der Waals surface area contributed by atoms with E-state index >= 15 is 0 Å². The number of pyridine rings is 1. The van der Waals surface area contributed by atoms with Crippen LogP contribution < -0.4 is 4.74 Å². The van der Waals surface area contributed by atoms with Crippen LogP contribution in [0.3, 0.4) is 0 Å². The summed E-state index contributed by atoms with van der Waals surface area (Å²) < 4.78 is 7.53. The van der Waals surface area contributed by atoms with Crippen molar-refractivity contribution in [2.24, 2.45) is 0 Å². The van der Waals surface area contributed by atoms with Crippen LogP contribution in [0, 0.1) is 0 Å². The smallest absolute Gasteiger partial charge is 0.160 e. The minimum atomic E-state index is 0.158. The predicted octanol–water partition coefficient (Wildman–Crippen LogP) is 2.41. The molecular formula is C17H19N3O2. The van der Waals surface area contributed by atoms with Crippen molar-refractivity contribution in [2.75, 3.05) is 13.7 Å². The maximum atomic E-state index is 9.09. The molecule has 0 spiro atoms. The zero-order valence-electron chi connectivity index (χ0n) is 12.6. The Morgan fingerprint density at radius 1 is 1.18 bits per heavy atom. The summed E-state index contributed by atoms with van der Waals surface area (Å²) in [6.45, 7) is 0.809. The molecule has 5 heteroatoms. The number of fused-ring (bicyclic) bond motifs is 1. The van der Waals surface area contributed by atoms with E-state index in [1.165, 1.54) is 0 Å². The van der Waals surface area contributed by atoms with Crippen molar-refractivity contribution < 1.29 is 9.84 Å². The van der Waals surface area contributed by atoms with Crippen molar-refractivity contribution in [3.63, 3.8) is 0 Å². The molecule has 0 fully saturated rings. The van der Waals surface area contributed by atoms with Crippen molar-refractivity contribution in [3.05, 3.63) is 54.0 Å². The van der Waals surface area contributed by atoms with E-state index in [0.717, 1.165) is 34.7 Å². The van der Waals surface area contributed by atoms with Crippen LogP contribution in [0.4, 0.5) is 0 Å². The maximum Gasteiger partial charge on any atom is 0.160 e. The van der Waals surface area contributed by atoms with Gasteiger partial charge in [-0.25, -0.2) is 9.97 Å². The largest absolute Gasteiger partial charge is 0.496 e. The molecule has 3 aromatic rings. The number of imidazole rings is 1. The van der Waals surface area contributed by atoms with Gasteiger partial charge >= 0.3 is 0 Å². The maximum absolute atomic E-state index is 9.09. The van der Waals surface area contributed by atoms with Gasteiger partial charge in [0.15, 0.2) is 5.65 Å². The van der Waals surface area contributed by atoms with Gasteiger partial charge in [0.2, 0.25) is 0 Å². The van der Waals surface area contributed by atoms with Crippen LogP contribution in [0.15, 0.2) is 42.6 Å². The van der Waals surface area contributed by atoms with Gasteiger partial charge in [0.1, 0.15) is 17.1 Å². The Bertz CT molecular complexity index is 767. The Kier molecular flexibility index (Phi) is 4.34. The average Bonchev–Trinajstić information content (AvgIpc) is 2.91. The lowest BCUT2D eigenvalue weighted by Gasteiger charge is -2.11. The van der Waals surface area contributed by atoms with Crippen molar-refractivity contribution in [3.8, 4) is 5.75 Å². The predicted molar refractivity (Wildman–Crippen MR) is 85.0 cm³/mol. The fourth-order valence-corrected chi connectivity index (χ4v) is 2.60. The Balaban J connectivity index is 2.04. The van der Waals surface area contributed by atoms with Crippen LogP contribution in [-0.4, -0.2) is 33.4 Å². The average molecular weight is 297 g/mol. The molecule has 0 atom stereocenters. The molecule has 3 rings (SSSR count). The molecule has 0 radical (unpaired) electrons. The number of aliphatic hydroxyl groups excluding tert-OH is 1. The molecule has 0 aliphatic carbocycles. The third kappa shape index (κ3) is 2.80. The molecule has 0 amide bonds. The highest BCUT2D eigenvalue weighted by Crippen LogP contribution is 2.22. The number of aryl methyl sites for hydroxylation is 1. The number of ether oxygens (including phenoxy) is 1. The van der Waals surface area contributed by atoms with E-state index in [-0.39, 0.29) is 6.61 Å². The summed E-state index contributed by atoms with van der Waals surface area (Å²) >= 11 is 0. The highest BCUT2D eigenvalue weighted by Gasteiger charge is 2.13. The van der Waals surface area contributed by atoms with E-state index in [4.69, 9.17) is 9.84 Å². The van der Waals surface area contributed by atoms with Gasteiger partial charge in [0, 0.05) is 24.8 Å². The van der Waals surface area contributed by atoms with Gasteiger partial charge < -0.3 is 14.4 Å². The SMILES string of the molecule is COc1ccccc1Cn1c(CCCO)nc2cccnc21. The number of benzene rings is 1. The first-order chi connectivity index (χ1) is 10.8. The van der Waals surface area contributed by atoms with E-state index in [1.54, 1.807) is 13.3 Å². The lowest BCUT2D eigenvalue weighted by atomic mass is 10.2. The fourth-order valence-electron chi connectivity index (χ4n) is 2.60. The number of hydrogen-bond donors (Lipinski definition) is 1. The van der Waals surface area contributed by atoms with Crippen molar-refractivity contribution in [1.29, 1.82) is 0 Å². The van der Waals surface area contributed by atoms with Gasteiger partial charge in [0.05, 0.1) is 13.7 Å². The molecule has 1 N–H and O–H groups in total. The Morgan fingerprint density at radius 3 is 2.86 bits per heavy atom. The number of aromatic nitrogens is 3. The summed E-state index contributed by atoms with van der Waals surface area (Å²) in [6.07, 6.45) is 3.19. The highest BCUT2D eigenvalue weighted by atomic mass is 16.5. The van der Waals surface area contributed by atoms with E-state index < -0.39 is 0 Å². The van der Waals surface area contributed by atoms with Crippen molar-refractivity contribution in [1.82, 2.24) is 14.5 Å². The second-order valence-corrected chi connectivity index (χ2v) is 5.10. The van der Waals surface area contributed by atoms with Crippen LogP contribution in [0.2, 0.25) is 0 Å². The van der Waals surface area contributed by atoms with Crippen molar-refractivity contribution >= 4 is 11.2 Å². The second kappa shape index (κ2) is 6.58. The molecule has 1 aromatic carbocycles. The van der Waals surface area contributed by atoms with E-state index in [9.17, 15) is 0 Å². The Hall–Kier alpha value is -2.40.